The Bertz CT molecular complexity index is 750. The molecule has 2 fully saturated rings. The van der Waals surface area contributed by atoms with Gasteiger partial charge < -0.3 is 5.11 Å². The van der Waals surface area contributed by atoms with Crippen molar-refractivity contribution in [3.63, 3.8) is 0 Å². The molecular weight excluding hydrogens is 329 g/mol. The molecule has 0 aliphatic carbocycles. The highest BCUT2D eigenvalue weighted by Gasteiger charge is 2.48. The van der Waals surface area contributed by atoms with Gasteiger partial charge in [0.15, 0.2) is 0 Å². The van der Waals surface area contributed by atoms with Gasteiger partial charge in [0.1, 0.15) is 11.6 Å². The molecule has 1 aromatic carbocycles. The minimum Gasteiger partial charge on any atom is -0.385 e. The van der Waals surface area contributed by atoms with Crippen LogP contribution in [0.15, 0.2) is 36.7 Å². The molecule has 4 rings (SSSR count). The number of piperidine rings is 1. The summed E-state index contributed by atoms with van der Waals surface area (Å²) in [5.41, 5.74) is 0.908. The molecule has 2 bridgehead atoms. The molecule has 26 heavy (non-hydrogen) atoms. The van der Waals surface area contributed by atoms with Crippen molar-refractivity contribution in [2.75, 3.05) is 0 Å². The normalized spacial score (nSPS) is 28.4. The third kappa shape index (κ3) is 3.38. The van der Waals surface area contributed by atoms with Crippen LogP contribution in [0.4, 0.5) is 4.39 Å². The van der Waals surface area contributed by atoms with Gasteiger partial charge in [-0.1, -0.05) is 19.1 Å². The average Bonchev–Trinajstić information content (AvgIpc) is 2.87. The Labute approximate surface area is 154 Å². The maximum absolute atomic E-state index is 13.6. The van der Waals surface area contributed by atoms with Crippen molar-refractivity contribution < 1.29 is 9.50 Å². The van der Waals surface area contributed by atoms with E-state index >= 15 is 0 Å². The lowest BCUT2D eigenvalue weighted by molar-refractivity contribution is -0.0597. The molecule has 2 aliphatic heterocycles. The maximum Gasteiger partial charge on any atom is 0.128 e. The number of fused-ring (bicyclic) bond motifs is 2. The van der Waals surface area contributed by atoms with Crippen LogP contribution in [-0.2, 0) is 18.6 Å². The van der Waals surface area contributed by atoms with Crippen molar-refractivity contribution in [2.24, 2.45) is 0 Å². The molecule has 1 aromatic heterocycles. The fourth-order valence-electron chi connectivity index (χ4n) is 4.61. The van der Waals surface area contributed by atoms with E-state index in [4.69, 9.17) is 0 Å². The fourth-order valence-corrected chi connectivity index (χ4v) is 4.61. The Hall–Kier alpha value is -1.85. The molecule has 0 radical (unpaired) electrons. The molecule has 2 saturated heterocycles. The van der Waals surface area contributed by atoms with Crippen molar-refractivity contribution in [2.45, 2.75) is 69.7 Å². The van der Waals surface area contributed by atoms with Crippen LogP contribution in [0.5, 0.6) is 0 Å². The molecule has 0 saturated carbocycles. The number of aliphatic hydroxyl groups is 1. The summed E-state index contributed by atoms with van der Waals surface area (Å²) in [4.78, 5) is 11.4. The Balaban J connectivity index is 1.48. The Morgan fingerprint density at radius 3 is 2.50 bits per heavy atom. The topological polar surface area (TPSA) is 49.2 Å². The number of aromatic nitrogens is 2. The van der Waals surface area contributed by atoms with Crippen molar-refractivity contribution in [1.82, 2.24) is 14.9 Å². The van der Waals surface area contributed by atoms with E-state index in [9.17, 15) is 9.50 Å². The summed E-state index contributed by atoms with van der Waals surface area (Å²) in [6, 6.07) is 7.08. The van der Waals surface area contributed by atoms with Crippen molar-refractivity contribution in [1.29, 1.82) is 0 Å². The molecular formula is C21H26FN3O. The first kappa shape index (κ1) is 17.6. The Morgan fingerprint density at radius 2 is 1.88 bits per heavy atom. The van der Waals surface area contributed by atoms with Gasteiger partial charge in [-0.25, -0.2) is 14.4 Å². The second kappa shape index (κ2) is 7.05. The number of halogens is 1. The van der Waals surface area contributed by atoms with Gasteiger partial charge in [0.05, 0.1) is 5.60 Å². The molecule has 4 nitrogen and oxygen atoms in total. The highest BCUT2D eigenvalue weighted by Crippen LogP contribution is 2.46. The molecule has 0 amide bonds. The zero-order valence-electron chi connectivity index (χ0n) is 15.2. The van der Waals surface area contributed by atoms with Crippen LogP contribution in [0.2, 0.25) is 0 Å². The van der Waals surface area contributed by atoms with Crippen LogP contribution in [0, 0.1) is 5.82 Å². The van der Waals surface area contributed by atoms with Gasteiger partial charge in [-0.3, -0.25) is 4.90 Å². The lowest BCUT2D eigenvalue weighted by atomic mass is 9.80. The van der Waals surface area contributed by atoms with E-state index in [-0.39, 0.29) is 5.82 Å². The van der Waals surface area contributed by atoms with Crippen LogP contribution >= 0.6 is 0 Å². The molecule has 2 atom stereocenters. The fraction of sp³-hybridized carbons (Fsp3) is 0.524. The lowest BCUT2D eigenvalue weighted by Gasteiger charge is -2.44. The second-order valence-electron chi connectivity index (χ2n) is 7.77. The van der Waals surface area contributed by atoms with Crippen LogP contribution in [0.1, 0.15) is 56.0 Å². The smallest absolute Gasteiger partial charge is 0.128 e. The minimum atomic E-state index is -0.925. The summed E-state index contributed by atoms with van der Waals surface area (Å²) in [6.45, 7) is 2.95. The molecule has 3 heterocycles. The summed E-state index contributed by atoms with van der Waals surface area (Å²) >= 11 is 0. The highest BCUT2D eigenvalue weighted by molar-refractivity contribution is 5.26. The summed E-state index contributed by atoms with van der Waals surface area (Å²) < 4.78 is 13.6. The van der Waals surface area contributed by atoms with Crippen molar-refractivity contribution >= 4 is 0 Å². The Morgan fingerprint density at radius 1 is 1.19 bits per heavy atom. The van der Waals surface area contributed by atoms with Gasteiger partial charge in [0.2, 0.25) is 0 Å². The molecule has 0 spiro atoms. The number of aryl methyl sites for hydroxylation is 1. The molecule has 5 heteroatoms. The number of rotatable bonds is 5. The van der Waals surface area contributed by atoms with Gasteiger partial charge in [-0.05, 0) is 49.8 Å². The first-order chi connectivity index (χ1) is 12.6. The number of benzene rings is 1. The summed E-state index contributed by atoms with van der Waals surface area (Å²) in [6.07, 6.45) is 9.30. The van der Waals surface area contributed by atoms with Gasteiger partial charge in [-0.2, -0.15) is 0 Å². The molecule has 2 aromatic rings. The summed E-state index contributed by atoms with van der Waals surface area (Å²) in [7, 11) is 0. The number of hydrogen-bond donors (Lipinski definition) is 1. The predicted octanol–water partition coefficient (Wildman–Crippen LogP) is 3.58. The third-order valence-electron chi connectivity index (χ3n) is 5.88. The zero-order chi connectivity index (χ0) is 18.1. The van der Waals surface area contributed by atoms with Crippen LogP contribution in [0.25, 0.3) is 0 Å². The van der Waals surface area contributed by atoms with Crippen molar-refractivity contribution in [3.05, 3.63) is 59.4 Å². The van der Waals surface area contributed by atoms with Gasteiger partial charge in [-0.15, -0.1) is 0 Å². The largest absolute Gasteiger partial charge is 0.385 e. The van der Waals surface area contributed by atoms with Crippen molar-refractivity contribution in [3.8, 4) is 0 Å². The maximum atomic E-state index is 13.6. The van der Waals surface area contributed by atoms with Crippen LogP contribution in [0.3, 0.4) is 0 Å². The second-order valence-corrected chi connectivity index (χ2v) is 7.77. The van der Waals surface area contributed by atoms with E-state index in [0.29, 0.717) is 30.5 Å². The van der Waals surface area contributed by atoms with E-state index in [1.54, 1.807) is 6.07 Å². The molecule has 0 unspecified atom stereocenters. The van der Waals surface area contributed by atoms with E-state index in [1.807, 2.05) is 18.5 Å². The van der Waals surface area contributed by atoms with E-state index in [2.05, 4.69) is 21.8 Å². The van der Waals surface area contributed by atoms with Crippen LogP contribution < -0.4 is 0 Å². The number of nitrogens with zero attached hydrogens (tertiary/aromatic N) is 3. The van der Waals surface area contributed by atoms with Gasteiger partial charge >= 0.3 is 0 Å². The SMILES string of the molecule is CCCc1ncc(CN2[C@H]3CC[C@H]2CC(O)(c2cccc(F)c2)C3)cn1. The zero-order valence-corrected chi connectivity index (χ0v) is 15.2. The molecule has 2 aliphatic rings. The van der Waals surface area contributed by atoms with Crippen LogP contribution in [-0.4, -0.2) is 32.1 Å². The van der Waals surface area contributed by atoms with Gasteiger partial charge in [0, 0.05) is 43.0 Å². The highest BCUT2D eigenvalue weighted by atomic mass is 19.1. The average molecular weight is 355 g/mol. The lowest BCUT2D eigenvalue weighted by Crippen LogP contribution is -2.49. The monoisotopic (exact) mass is 355 g/mol. The standard InChI is InChI=1S/C21H26FN3O/c1-2-4-20-23-12-15(13-24-20)14-25-18-7-8-19(25)11-21(26,10-18)16-5-3-6-17(22)9-16/h3,5-6,9,12-13,18-19,26H,2,4,7-8,10-11,14H2,1H3/t18-,19-/m0/s1. The van der Waals surface area contributed by atoms with E-state index in [1.165, 1.54) is 12.1 Å². The number of hydrogen-bond acceptors (Lipinski definition) is 4. The molecule has 1 N–H and O–H groups in total. The first-order valence-corrected chi connectivity index (χ1v) is 9.61. The van der Waals surface area contributed by atoms with E-state index in [0.717, 1.165) is 43.6 Å². The quantitative estimate of drug-likeness (QED) is 0.891. The van der Waals surface area contributed by atoms with E-state index < -0.39 is 5.60 Å². The minimum absolute atomic E-state index is 0.282. The third-order valence-corrected chi connectivity index (χ3v) is 5.88. The Kier molecular flexibility index (Phi) is 4.76. The first-order valence-electron chi connectivity index (χ1n) is 9.61. The summed E-state index contributed by atoms with van der Waals surface area (Å²) in [5.74, 6) is 0.619. The molecule has 138 valence electrons. The summed E-state index contributed by atoms with van der Waals surface area (Å²) in [5, 5.41) is 11.2. The van der Waals surface area contributed by atoms with Gasteiger partial charge in [0.25, 0.3) is 0 Å². The predicted molar refractivity (Wildman–Crippen MR) is 97.9 cm³/mol.